The van der Waals surface area contributed by atoms with Crippen LogP contribution in [0.15, 0.2) is 59.7 Å². The van der Waals surface area contributed by atoms with Crippen molar-refractivity contribution in [1.82, 2.24) is 19.6 Å². The van der Waals surface area contributed by atoms with Crippen molar-refractivity contribution in [3.63, 3.8) is 0 Å². The maximum atomic E-state index is 13.6. The fraction of sp³-hybridized carbons (Fsp3) is 0.154. The van der Waals surface area contributed by atoms with Crippen LogP contribution in [-0.2, 0) is 9.59 Å². The number of ether oxygens (including phenoxy) is 1. The van der Waals surface area contributed by atoms with Gasteiger partial charge in [-0.25, -0.2) is 9.97 Å². The monoisotopic (exact) mass is 499 g/mol. The maximum Gasteiger partial charge on any atom is 0.291 e. The third-order valence-electron chi connectivity index (χ3n) is 5.76. The number of hydrogen-bond acceptors (Lipinski definition) is 8. The molecule has 0 spiro atoms. The van der Waals surface area contributed by atoms with Crippen LogP contribution in [0.1, 0.15) is 19.7 Å². The second-order valence-corrected chi connectivity index (χ2v) is 9.11. The molecule has 0 aliphatic heterocycles. The highest BCUT2D eigenvalue weighted by molar-refractivity contribution is 7.25. The summed E-state index contributed by atoms with van der Waals surface area (Å²) in [5.41, 5.74) is 3.22. The number of pyridine rings is 2. The Morgan fingerprint density at radius 2 is 1.75 bits per heavy atom. The molecule has 0 N–H and O–H groups in total. The molecule has 1 aromatic carbocycles. The van der Waals surface area contributed by atoms with Crippen LogP contribution in [0.3, 0.4) is 0 Å². The summed E-state index contributed by atoms with van der Waals surface area (Å²) in [6.45, 7) is 4.05. The van der Waals surface area contributed by atoms with Gasteiger partial charge < -0.3 is 4.74 Å². The highest BCUT2D eigenvalue weighted by atomic mass is 32.1. The minimum atomic E-state index is -0.578. The van der Waals surface area contributed by atoms with Crippen LogP contribution in [0.25, 0.3) is 42.8 Å². The zero-order valence-corrected chi connectivity index (χ0v) is 20.8. The molecule has 180 valence electrons. The number of nitrogens with zero attached hydrogens (tertiary/aromatic N) is 5. The molecule has 0 aliphatic carbocycles. The van der Waals surface area contributed by atoms with Crippen molar-refractivity contribution in [2.45, 2.75) is 20.8 Å². The van der Waals surface area contributed by atoms with Crippen LogP contribution in [0.2, 0.25) is 0 Å². The van der Waals surface area contributed by atoms with E-state index in [-0.39, 0.29) is 5.82 Å². The Hall–Kier alpha value is -4.44. The fourth-order valence-electron chi connectivity index (χ4n) is 4.19. The molecule has 4 aromatic heterocycles. The van der Waals surface area contributed by atoms with Crippen LogP contribution in [0, 0.1) is 6.92 Å². The minimum absolute atomic E-state index is 0.217. The Labute approximate surface area is 209 Å². The number of carbonyl (C=O) groups excluding carboxylic acids is 2. The molecule has 10 heteroatoms. The molecule has 0 saturated heterocycles. The van der Waals surface area contributed by atoms with Gasteiger partial charge in [0.15, 0.2) is 0 Å². The highest BCUT2D eigenvalue weighted by Crippen LogP contribution is 2.39. The van der Waals surface area contributed by atoms with E-state index in [0.717, 1.165) is 37.5 Å². The first-order valence-corrected chi connectivity index (χ1v) is 11.8. The lowest BCUT2D eigenvalue weighted by molar-refractivity contribution is -0.126. The second kappa shape index (κ2) is 8.97. The quantitative estimate of drug-likeness (QED) is 0.367. The van der Waals surface area contributed by atoms with Gasteiger partial charge in [-0.2, -0.15) is 9.69 Å². The molecule has 36 heavy (non-hydrogen) atoms. The molecule has 4 heterocycles. The summed E-state index contributed by atoms with van der Waals surface area (Å²) in [7, 11) is 1.61. The Kier molecular flexibility index (Phi) is 5.81. The van der Waals surface area contributed by atoms with Gasteiger partial charge in [-0.05, 0) is 48.4 Å². The van der Waals surface area contributed by atoms with Crippen LogP contribution < -0.4 is 15.3 Å². The van der Waals surface area contributed by atoms with Gasteiger partial charge in [0.05, 0.1) is 18.3 Å². The van der Waals surface area contributed by atoms with Gasteiger partial charge in [0.25, 0.3) is 5.56 Å². The molecule has 0 fully saturated rings. The van der Waals surface area contributed by atoms with Crippen LogP contribution in [0.4, 0.5) is 0 Å². The number of rotatable bonds is 4. The number of carbonyl (C=O) groups is 2. The van der Waals surface area contributed by atoms with E-state index in [1.54, 1.807) is 26.4 Å². The van der Waals surface area contributed by atoms with Crippen molar-refractivity contribution >= 4 is 43.6 Å². The summed E-state index contributed by atoms with van der Waals surface area (Å²) >= 11 is 1.18. The fourth-order valence-corrected chi connectivity index (χ4v) is 5.25. The average molecular weight is 500 g/mol. The first-order chi connectivity index (χ1) is 17.3. The molecule has 5 rings (SSSR count). The first-order valence-electron chi connectivity index (χ1n) is 11.0. The first kappa shape index (κ1) is 23.3. The summed E-state index contributed by atoms with van der Waals surface area (Å²) in [6, 6.07) is 13.3. The molecular formula is C26H21N5O4S. The Bertz CT molecular complexity index is 1690. The van der Waals surface area contributed by atoms with Crippen molar-refractivity contribution in [2.24, 2.45) is 0 Å². The maximum absolute atomic E-state index is 13.6. The number of imide groups is 1. The van der Waals surface area contributed by atoms with Crippen molar-refractivity contribution < 1.29 is 14.3 Å². The van der Waals surface area contributed by atoms with E-state index in [9.17, 15) is 14.4 Å². The predicted octanol–water partition coefficient (Wildman–Crippen LogP) is 4.08. The Balaban J connectivity index is 1.87. The van der Waals surface area contributed by atoms with Crippen LogP contribution in [-0.4, -0.2) is 38.6 Å². The number of hydrogen-bond donors (Lipinski definition) is 0. The van der Waals surface area contributed by atoms with Gasteiger partial charge in [-0.3, -0.25) is 19.4 Å². The van der Waals surface area contributed by atoms with E-state index in [4.69, 9.17) is 9.72 Å². The number of aryl methyl sites for hydroxylation is 1. The van der Waals surface area contributed by atoms with Crippen LogP contribution >= 0.6 is 11.3 Å². The lowest BCUT2D eigenvalue weighted by atomic mass is 10.0. The predicted molar refractivity (Wildman–Crippen MR) is 139 cm³/mol. The van der Waals surface area contributed by atoms with E-state index < -0.39 is 17.4 Å². The zero-order valence-electron chi connectivity index (χ0n) is 20.0. The van der Waals surface area contributed by atoms with Gasteiger partial charge in [-0.1, -0.05) is 12.1 Å². The largest absolute Gasteiger partial charge is 0.497 e. The van der Waals surface area contributed by atoms with E-state index in [2.05, 4.69) is 9.97 Å². The van der Waals surface area contributed by atoms with Crippen LogP contribution in [0.5, 0.6) is 5.75 Å². The van der Waals surface area contributed by atoms with E-state index in [1.807, 2.05) is 42.5 Å². The number of thiophene rings is 1. The summed E-state index contributed by atoms with van der Waals surface area (Å²) in [5.74, 6) is -0.219. The van der Waals surface area contributed by atoms with Crippen molar-refractivity contribution in [1.29, 1.82) is 0 Å². The average Bonchev–Trinajstić information content (AvgIpc) is 3.24. The molecule has 0 bridgehead atoms. The molecule has 2 amide bonds. The number of methoxy groups -OCH3 is 1. The molecule has 5 aromatic rings. The number of amides is 2. The lowest BCUT2D eigenvalue weighted by Crippen LogP contribution is -2.49. The summed E-state index contributed by atoms with van der Waals surface area (Å²) in [5, 5.41) is 1.52. The highest BCUT2D eigenvalue weighted by Gasteiger charge is 2.25. The number of fused-ring (bicyclic) bond motifs is 3. The number of benzene rings is 1. The second-order valence-electron chi connectivity index (χ2n) is 8.11. The SMILES string of the molecule is COc1ccc(-c2cc(-c3cccnc3)nc3sc4c(=O)n(N(C(C)=O)C(C)=O)c(C)nc4c23)cc1. The third kappa shape index (κ3) is 3.81. The molecular weight excluding hydrogens is 478 g/mol. The molecule has 0 atom stereocenters. The van der Waals surface area contributed by atoms with E-state index in [1.165, 1.54) is 25.2 Å². The van der Waals surface area contributed by atoms with E-state index >= 15 is 0 Å². The Morgan fingerprint density at radius 1 is 1.03 bits per heavy atom. The summed E-state index contributed by atoms with van der Waals surface area (Å²) < 4.78 is 6.64. The molecule has 0 unspecified atom stereocenters. The smallest absolute Gasteiger partial charge is 0.291 e. The van der Waals surface area contributed by atoms with Gasteiger partial charge in [-0.15, -0.1) is 11.3 Å². The minimum Gasteiger partial charge on any atom is -0.497 e. The standard InChI is InChI=1S/C26H21N5O4S/c1-14-28-23-22-20(17-7-9-19(35-4)10-8-17)12-21(18-6-5-11-27-13-18)29-25(22)36-24(23)26(34)30(14)31(15(2)32)16(3)33/h5-13H,1-4H3. The van der Waals surface area contributed by atoms with Crippen molar-refractivity contribution in [3.8, 4) is 28.1 Å². The molecule has 0 aliphatic rings. The topological polar surface area (TPSA) is 107 Å². The van der Waals surface area contributed by atoms with Gasteiger partial charge in [0, 0.05) is 37.2 Å². The Morgan fingerprint density at radius 3 is 2.36 bits per heavy atom. The summed E-state index contributed by atoms with van der Waals surface area (Å²) in [6.07, 6.45) is 3.42. The van der Waals surface area contributed by atoms with Crippen molar-refractivity contribution in [2.75, 3.05) is 12.1 Å². The lowest BCUT2D eigenvalue weighted by Gasteiger charge is -2.20. The van der Waals surface area contributed by atoms with Gasteiger partial charge in [0.2, 0.25) is 11.8 Å². The third-order valence-corrected chi connectivity index (χ3v) is 6.82. The van der Waals surface area contributed by atoms with Gasteiger partial charge in [0.1, 0.15) is 21.1 Å². The zero-order chi connectivity index (χ0) is 25.6. The van der Waals surface area contributed by atoms with Gasteiger partial charge >= 0.3 is 0 Å². The van der Waals surface area contributed by atoms with E-state index in [0.29, 0.717) is 20.7 Å². The molecule has 0 radical (unpaired) electrons. The summed E-state index contributed by atoms with van der Waals surface area (Å²) in [4.78, 5) is 52.3. The van der Waals surface area contributed by atoms with Crippen molar-refractivity contribution in [3.05, 3.63) is 71.0 Å². The number of aromatic nitrogens is 4. The normalized spacial score (nSPS) is 11.1. The molecule has 0 saturated carbocycles. The molecule has 9 nitrogen and oxygen atoms in total.